The summed E-state index contributed by atoms with van der Waals surface area (Å²) in [6.45, 7) is 0.642. The van der Waals surface area contributed by atoms with E-state index < -0.39 is 9.84 Å². The van der Waals surface area contributed by atoms with E-state index in [1.165, 1.54) is 17.3 Å². The molecule has 0 radical (unpaired) electrons. The highest BCUT2D eigenvalue weighted by atomic mass is 32.2. The van der Waals surface area contributed by atoms with Crippen LogP contribution in [0.2, 0.25) is 0 Å². The minimum atomic E-state index is -3.23. The van der Waals surface area contributed by atoms with Gasteiger partial charge in [0.05, 0.1) is 0 Å². The fourth-order valence-electron chi connectivity index (χ4n) is 1.48. The minimum absolute atomic E-state index is 0.143. The van der Waals surface area contributed by atoms with E-state index in [1.807, 2.05) is 17.5 Å². The Morgan fingerprint density at radius 1 is 1.50 bits per heavy atom. The van der Waals surface area contributed by atoms with Gasteiger partial charge < -0.3 is 4.57 Å². The fraction of sp³-hybridized carbons (Fsp3) is 0.300. The molecule has 6 heteroatoms. The van der Waals surface area contributed by atoms with Crippen LogP contribution in [0.3, 0.4) is 0 Å². The van der Waals surface area contributed by atoms with Gasteiger partial charge in [0.2, 0.25) is 15.0 Å². The zero-order valence-corrected chi connectivity index (χ0v) is 10.5. The van der Waals surface area contributed by atoms with Crippen molar-refractivity contribution in [2.75, 3.05) is 6.26 Å². The molecule has 2 rings (SSSR count). The lowest BCUT2D eigenvalue weighted by atomic mass is 10.3. The van der Waals surface area contributed by atoms with Crippen LogP contribution in [-0.2, 0) is 22.8 Å². The van der Waals surface area contributed by atoms with Crippen LogP contribution in [0, 0.1) is 0 Å². The first-order chi connectivity index (χ1) is 7.57. The third-order valence-electron chi connectivity index (χ3n) is 2.19. The molecule has 2 aromatic heterocycles. The van der Waals surface area contributed by atoms with E-state index in [-0.39, 0.29) is 5.16 Å². The van der Waals surface area contributed by atoms with Gasteiger partial charge in [-0.05, 0) is 17.9 Å². The van der Waals surface area contributed by atoms with E-state index in [4.69, 9.17) is 0 Å². The molecule has 0 saturated carbocycles. The second-order valence-corrected chi connectivity index (χ2v) is 6.45. The highest BCUT2D eigenvalue weighted by molar-refractivity contribution is 7.90. The summed E-state index contributed by atoms with van der Waals surface area (Å²) < 4.78 is 24.5. The number of hydrogen-bond acceptors (Lipinski definition) is 4. The average Bonchev–Trinajstić information content (AvgIpc) is 2.85. The zero-order valence-electron chi connectivity index (χ0n) is 8.83. The molecule has 2 heterocycles. The number of sulfone groups is 1. The Bertz CT molecular complexity index is 555. The Morgan fingerprint density at radius 2 is 2.31 bits per heavy atom. The lowest BCUT2D eigenvalue weighted by Gasteiger charge is -2.04. The van der Waals surface area contributed by atoms with E-state index in [0.29, 0.717) is 6.54 Å². The Balaban J connectivity index is 2.14. The first-order valence-electron chi connectivity index (χ1n) is 4.81. The Labute approximate surface area is 98.5 Å². The van der Waals surface area contributed by atoms with Crippen LogP contribution in [-0.4, -0.2) is 24.2 Å². The number of thiophene rings is 1. The summed E-state index contributed by atoms with van der Waals surface area (Å²) in [5.74, 6) is 0. The topological polar surface area (TPSA) is 52.0 Å². The smallest absolute Gasteiger partial charge is 0.227 e. The van der Waals surface area contributed by atoms with Crippen molar-refractivity contribution in [3.8, 4) is 0 Å². The SMILES string of the molecule is CS(=O)(=O)c1nccn1CCc1cccs1. The van der Waals surface area contributed by atoms with Gasteiger partial charge >= 0.3 is 0 Å². The first-order valence-corrected chi connectivity index (χ1v) is 7.58. The number of aryl methyl sites for hydroxylation is 2. The van der Waals surface area contributed by atoms with Gasteiger partial charge in [-0.15, -0.1) is 11.3 Å². The molecule has 0 bridgehead atoms. The molecule has 2 aromatic rings. The molecule has 0 aliphatic rings. The summed E-state index contributed by atoms with van der Waals surface area (Å²) in [4.78, 5) is 5.11. The minimum Gasteiger partial charge on any atom is -0.322 e. The van der Waals surface area contributed by atoms with Crippen molar-refractivity contribution in [3.05, 3.63) is 34.8 Å². The lowest BCUT2D eigenvalue weighted by Crippen LogP contribution is -2.10. The summed E-state index contributed by atoms with van der Waals surface area (Å²) >= 11 is 1.67. The normalized spacial score (nSPS) is 11.8. The molecule has 0 saturated heterocycles. The molecular weight excluding hydrogens is 244 g/mol. The van der Waals surface area contributed by atoms with Crippen molar-refractivity contribution in [1.82, 2.24) is 9.55 Å². The average molecular weight is 256 g/mol. The van der Waals surface area contributed by atoms with Gasteiger partial charge in [-0.3, -0.25) is 0 Å². The third-order valence-corrected chi connectivity index (χ3v) is 4.13. The summed E-state index contributed by atoms with van der Waals surface area (Å²) in [7, 11) is -3.23. The largest absolute Gasteiger partial charge is 0.322 e. The maximum Gasteiger partial charge on any atom is 0.227 e. The Kier molecular flexibility index (Phi) is 3.11. The quantitative estimate of drug-likeness (QED) is 0.834. The van der Waals surface area contributed by atoms with Gasteiger partial charge in [-0.2, -0.15) is 0 Å². The number of rotatable bonds is 4. The molecule has 0 aromatic carbocycles. The molecule has 0 fully saturated rings. The lowest BCUT2D eigenvalue weighted by molar-refractivity contribution is 0.566. The second kappa shape index (κ2) is 4.39. The summed E-state index contributed by atoms with van der Waals surface area (Å²) in [5, 5.41) is 2.16. The van der Waals surface area contributed by atoms with E-state index in [0.717, 1.165) is 6.42 Å². The fourth-order valence-corrected chi connectivity index (χ4v) is 3.01. The maximum absolute atomic E-state index is 11.4. The van der Waals surface area contributed by atoms with Gasteiger partial charge in [0, 0.05) is 30.1 Å². The molecule has 86 valence electrons. The van der Waals surface area contributed by atoms with Crippen molar-refractivity contribution in [2.45, 2.75) is 18.1 Å². The van der Waals surface area contributed by atoms with Gasteiger partial charge in [0.1, 0.15) is 0 Å². The first kappa shape index (κ1) is 11.3. The molecule has 0 aliphatic heterocycles. The van der Waals surface area contributed by atoms with Gasteiger partial charge in [0.25, 0.3) is 0 Å². The van der Waals surface area contributed by atoms with Crippen molar-refractivity contribution < 1.29 is 8.42 Å². The van der Waals surface area contributed by atoms with Crippen LogP contribution in [0.25, 0.3) is 0 Å². The number of nitrogens with zero attached hydrogens (tertiary/aromatic N) is 2. The molecular formula is C10H12N2O2S2. The summed E-state index contributed by atoms with van der Waals surface area (Å²) in [6.07, 6.45) is 5.22. The van der Waals surface area contributed by atoms with Gasteiger partial charge in [-0.25, -0.2) is 13.4 Å². The van der Waals surface area contributed by atoms with Crippen molar-refractivity contribution >= 4 is 21.2 Å². The summed E-state index contributed by atoms with van der Waals surface area (Å²) in [5.41, 5.74) is 0. The monoisotopic (exact) mass is 256 g/mol. The third kappa shape index (κ3) is 2.51. The standard InChI is InChI=1S/C10H12N2O2S2/c1-16(13,14)10-11-5-7-12(10)6-4-9-3-2-8-15-9/h2-3,5,7-8H,4,6H2,1H3. The van der Waals surface area contributed by atoms with Crippen LogP contribution < -0.4 is 0 Å². The van der Waals surface area contributed by atoms with Gasteiger partial charge in [0.15, 0.2) is 0 Å². The Hall–Kier alpha value is -1.14. The van der Waals surface area contributed by atoms with Crippen LogP contribution in [0.1, 0.15) is 4.88 Å². The van der Waals surface area contributed by atoms with E-state index in [9.17, 15) is 8.42 Å². The van der Waals surface area contributed by atoms with E-state index in [1.54, 1.807) is 22.1 Å². The predicted octanol–water partition coefficient (Wildman–Crippen LogP) is 1.59. The molecule has 0 unspecified atom stereocenters. The number of aromatic nitrogens is 2. The van der Waals surface area contributed by atoms with Crippen LogP contribution in [0.15, 0.2) is 35.1 Å². The number of imidazole rings is 1. The second-order valence-electron chi connectivity index (χ2n) is 3.50. The molecule has 0 spiro atoms. The van der Waals surface area contributed by atoms with Crippen molar-refractivity contribution in [2.24, 2.45) is 0 Å². The molecule has 0 amide bonds. The molecule has 16 heavy (non-hydrogen) atoms. The van der Waals surface area contributed by atoms with E-state index in [2.05, 4.69) is 4.98 Å². The van der Waals surface area contributed by atoms with Crippen LogP contribution in [0.4, 0.5) is 0 Å². The van der Waals surface area contributed by atoms with Crippen molar-refractivity contribution in [3.63, 3.8) is 0 Å². The van der Waals surface area contributed by atoms with Crippen molar-refractivity contribution in [1.29, 1.82) is 0 Å². The maximum atomic E-state index is 11.4. The predicted molar refractivity (Wildman–Crippen MR) is 63.4 cm³/mol. The molecule has 4 nitrogen and oxygen atoms in total. The zero-order chi connectivity index (χ0) is 11.6. The van der Waals surface area contributed by atoms with Crippen LogP contribution >= 0.6 is 11.3 Å². The number of hydrogen-bond donors (Lipinski definition) is 0. The van der Waals surface area contributed by atoms with Gasteiger partial charge in [-0.1, -0.05) is 6.07 Å². The highest BCUT2D eigenvalue weighted by Gasteiger charge is 2.13. The molecule has 0 N–H and O–H groups in total. The van der Waals surface area contributed by atoms with E-state index >= 15 is 0 Å². The highest BCUT2D eigenvalue weighted by Crippen LogP contribution is 2.12. The summed E-state index contributed by atoms with van der Waals surface area (Å²) in [6, 6.07) is 4.03. The molecule has 0 aliphatic carbocycles. The Morgan fingerprint density at radius 3 is 2.94 bits per heavy atom. The molecule has 0 atom stereocenters. The van der Waals surface area contributed by atoms with Crippen LogP contribution in [0.5, 0.6) is 0 Å².